The van der Waals surface area contributed by atoms with Crippen molar-refractivity contribution < 1.29 is 9.47 Å². The summed E-state index contributed by atoms with van der Waals surface area (Å²) in [5.41, 5.74) is 3.97. The third-order valence-electron chi connectivity index (χ3n) is 4.22. The number of benzene rings is 1. The molecule has 4 aromatic rings. The van der Waals surface area contributed by atoms with Crippen LogP contribution in [0.3, 0.4) is 0 Å². The van der Waals surface area contributed by atoms with Gasteiger partial charge in [0, 0.05) is 24.6 Å². The second-order valence-electron chi connectivity index (χ2n) is 5.95. The molecule has 0 saturated carbocycles. The number of hydrogen-bond acceptors (Lipinski definition) is 4. The van der Waals surface area contributed by atoms with Crippen LogP contribution in [0, 0.1) is 0 Å². The number of aryl methyl sites for hydroxylation is 1. The van der Waals surface area contributed by atoms with E-state index in [0.29, 0.717) is 13.2 Å². The lowest BCUT2D eigenvalue weighted by Gasteiger charge is -2.05. The number of pyridine rings is 1. The molecule has 6 heteroatoms. The smallest absolute Gasteiger partial charge is 0.139 e. The fourth-order valence-electron chi connectivity index (χ4n) is 2.90. The number of rotatable bonds is 7. The van der Waals surface area contributed by atoms with Gasteiger partial charge in [-0.2, -0.15) is 0 Å². The van der Waals surface area contributed by atoms with E-state index < -0.39 is 0 Å². The van der Waals surface area contributed by atoms with Crippen LogP contribution in [0.5, 0.6) is 5.75 Å². The first kappa shape index (κ1) is 15.7. The summed E-state index contributed by atoms with van der Waals surface area (Å²) >= 11 is 0. The predicted octanol–water partition coefficient (Wildman–Crippen LogP) is 3.60. The maximum Gasteiger partial charge on any atom is 0.139 e. The first-order valence-corrected chi connectivity index (χ1v) is 8.35. The standard InChI is InChI=1S/C19H20N4O2/c1-24-14-6-4-13(5-7-14)12-25-10-2-3-17-22-16-11-21-19-15(8-9-20-19)18(16)23-17/h4-9,11H,2-3,10,12H2,1H3,(H,20,21)(H,22,23). The zero-order valence-electron chi connectivity index (χ0n) is 14.1. The molecule has 0 atom stereocenters. The Bertz CT molecular complexity index is 972. The minimum Gasteiger partial charge on any atom is -0.497 e. The highest BCUT2D eigenvalue weighted by Crippen LogP contribution is 2.21. The Labute approximate surface area is 145 Å². The number of H-pyrrole nitrogens is 2. The van der Waals surface area contributed by atoms with Gasteiger partial charge in [-0.1, -0.05) is 12.1 Å². The van der Waals surface area contributed by atoms with Crippen molar-refractivity contribution in [1.29, 1.82) is 0 Å². The van der Waals surface area contributed by atoms with Gasteiger partial charge in [0.25, 0.3) is 0 Å². The number of methoxy groups -OCH3 is 1. The van der Waals surface area contributed by atoms with Crippen molar-refractivity contribution in [3.63, 3.8) is 0 Å². The van der Waals surface area contributed by atoms with Crippen LogP contribution in [0.25, 0.3) is 22.1 Å². The van der Waals surface area contributed by atoms with Gasteiger partial charge in [-0.15, -0.1) is 0 Å². The maximum absolute atomic E-state index is 5.75. The minimum absolute atomic E-state index is 0.609. The Morgan fingerprint density at radius 2 is 2.00 bits per heavy atom. The normalized spacial score (nSPS) is 11.4. The second kappa shape index (κ2) is 6.94. The van der Waals surface area contributed by atoms with Gasteiger partial charge < -0.3 is 19.4 Å². The molecule has 0 spiro atoms. The summed E-state index contributed by atoms with van der Waals surface area (Å²) in [6.07, 6.45) is 5.46. The predicted molar refractivity (Wildman–Crippen MR) is 96.7 cm³/mol. The lowest BCUT2D eigenvalue weighted by atomic mass is 10.2. The highest BCUT2D eigenvalue weighted by Gasteiger charge is 2.08. The van der Waals surface area contributed by atoms with Gasteiger partial charge in [0.2, 0.25) is 0 Å². The Morgan fingerprint density at radius 3 is 2.84 bits per heavy atom. The number of aromatic amines is 2. The van der Waals surface area contributed by atoms with Gasteiger partial charge in [0.05, 0.1) is 25.4 Å². The molecule has 0 radical (unpaired) electrons. The number of imidazole rings is 1. The molecule has 25 heavy (non-hydrogen) atoms. The van der Waals surface area contributed by atoms with Gasteiger partial charge in [-0.25, -0.2) is 9.97 Å². The Kier molecular flexibility index (Phi) is 4.35. The van der Waals surface area contributed by atoms with E-state index in [-0.39, 0.29) is 0 Å². The van der Waals surface area contributed by atoms with Crippen LogP contribution in [0.1, 0.15) is 17.8 Å². The van der Waals surface area contributed by atoms with Gasteiger partial charge in [-0.3, -0.25) is 0 Å². The van der Waals surface area contributed by atoms with Gasteiger partial charge in [0.1, 0.15) is 22.7 Å². The first-order valence-electron chi connectivity index (χ1n) is 8.35. The first-order chi connectivity index (χ1) is 12.3. The molecule has 4 rings (SSSR count). The molecule has 3 aromatic heterocycles. The molecular weight excluding hydrogens is 316 g/mol. The quantitative estimate of drug-likeness (QED) is 0.506. The molecule has 0 unspecified atom stereocenters. The Hall–Kier alpha value is -2.86. The van der Waals surface area contributed by atoms with Gasteiger partial charge >= 0.3 is 0 Å². The summed E-state index contributed by atoms with van der Waals surface area (Å²) in [6, 6.07) is 9.96. The van der Waals surface area contributed by atoms with Crippen LogP contribution in [-0.2, 0) is 17.8 Å². The van der Waals surface area contributed by atoms with Crippen molar-refractivity contribution in [3.05, 3.63) is 54.1 Å². The topological polar surface area (TPSA) is 75.8 Å². The van der Waals surface area contributed by atoms with E-state index in [2.05, 4.69) is 19.9 Å². The summed E-state index contributed by atoms with van der Waals surface area (Å²) in [5.74, 6) is 1.83. The summed E-state index contributed by atoms with van der Waals surface area (Å²) in [6.45, 7) is 1.30. The molecule has 0 amide bonds. The van der Waals surface area contributed by atoms with E-state index in [0.717, 1.165) is 52.0 Å². The lowest BCUT2D eigenvalue weighted by molar-refractivity contribution is 0.118. The Balaban J connectivity index is 1.30. The second-order valence-corrected chi connectivity index (χ2v) is 5.95. The summed E-state index contributed by atoms with van der Waals surface area (Å²) in [7, 11) is 1.67. The molecule has 0 fully saturated rings. The van der Waals surface area contributed by atoms with Crippen molar-refractivity contribution in [2.24, 2.45) is 0 Å². The molecule has 0 bridgehead atoms. The minimum atomic E-state index is 0.609. The highest BCUT2D eigenvalue weighted by molar-refractivity contribution is 6.00. The van der Waals surface area contributed by atoms with Crippen molar-refractivity contribution in [3.8, 4) is 5.75 Å². The van der Waals surface area contributed by atoms with E-state index >= 15 is 0 Å². The third kappa shape index (κ3) is 3.34. The molecule has 0 saturated heterocycles. The fraction of sp³-hybridized carbons (Fsp3) is 0.263. The summed E-state index contributed by atoms with van der Waals surface area (Å²) in [5, 5.41) is 1.08. The number of ether oxygens (including phenoxy) is 2. The number of fused-ring (bicyclic) bond motifs is 3. The monoisotopic (exact) mass is 336 g/mol. The lowest BCUT2D eigenvalue weighted by Crippen LogP contribution is -1.98. The molecule has 128 valence electrons. The van der Waals surface area contributed by atoms with Crippen LogP contribution >= 0.6 is 0 Å². The van der Waals surface area contributed by atoms with E-state index in [1.165, 1.54) is 0 Å². The van der Waals surface area contributed by atoms with Crippen molar-refractivity contribution >= 4 is 22.1 Å². The molecule has 1 aromatic carbocycles. The number of hydrogen-bond donors (Lipinski definition) is 2. The molecule has 0 aliphatic rings. The number of nitrogens with one attached hydrogen (secondary N) is 2. The molecular formula is C19H20N4O2. The van der Waals surface area contributed by atoms with Crippen LogP contribution in [0.4, 0.5) is 0 Å². The van der Waals surface area contributed by atoms with E-state index in [1.807, 2.05) is 36.5 Å². The van der Waals surface area contributed by atoms with Crippen LogP contribution in [0.2, 0.25) is 0 Å². The van der Waals surface area contributed by atoms with Crippen molar-refractivity contribution in [2.75, 3.05) is 13.7 Å². The molecule has 3 heterocycles. The van der Waals surface area contributed by atoms with Crippen LogP contribution in [0.15, 0.2) is 42.7 Å². The number of aromatic nitrogens is 4. The van der Waals surface area contributed by atoms with Crippen LogP contribution in [-0.4, -0.2) is 33.7 Å². The average molecular weight is 336 g/mol. The SMILES string of the molecule is COc1ccc(COCCCc2nc3cnc4[nH]ccc4c3[nH]2)cc1. The molecule has 6 nitrogen and oxygen atoms in total. The average Bonchev–Trinajstić information content (AvgIpc) is 3.27. The van der Waals surface area contributed by atoms with Crippen molar-refractivity contribution in [2.45, 2.75) is 19.4 Å². The zero-order valence-corrected chi connectivity index (χ0v) is 14.1. The van der Waals surface area contributed by atoms with Crippen molar-refractivity contribution in [1.82, 2.24) is 19.9 Å². The molecule has 2 N–H and O–H groups in total. The van der Waals surface area contributed by atoms with E-state index in [1.54, 1.807) is 13.3 Å². The number of nitrogens with zero attached hydrogens (tertiary/aromatic N) is 2. The zero-order chi connectivity index (χ0) is 17.1. The molecule has 0 aliphatic carbocycles. The fourth-order valence-corrected chi connectivity index (χ4v) is 2.90. The summed E-state index contributed by atoms with van der Waals surface area (Å²) in [4.78, 5) is 15.5. The third-order valence-corrected chi connectivity index (χ3v) is 4.22. The highest BCUT2D eigenvalue weighted by atomic mass is 16.5. The van der Waals surface area contributed by atoms with Gasteiger partial charge in [-0.05, 0) is 30.2 Å². The largest absolute Gasteiger partial charge is 0.497 e. The van der Waals surface area contributed by atoms with Crippen LogP contribution < -0.4 is 4.74 Å². The van der Waals surface area contributed by atoms with Gasteiger partial charge in [0.15, 0.2) is 0 Å². The summed E-state index contributed by atoms with van der Waals surface area (Å²) < 4.78 is 10.9. The van der Waals surface area contributed by atoms with E-state index in [9.17, 15) is 0 Å². The van der Waals surface area contributed by atoms with E-state index in [4.69, 9.17) is 9.47 Å². The maximum atomic E-state index is 5.75. The Morgan fingerprint density at radius 1 is 1.12 bits per heavy atom. The molecule has 0 aliphatic heterocycles.